The molecule has 0 saturated heterocycles. The lowest BCUT2D eigenvalue weighted by Crippen LogP contribution is -2.45. The van der Waals surface area contributed by atoms with E-state index in [4.69, 9.17) is 9.05 Å². The zero-order valence-electron chi connectivity index (χ0n) is 19.3. The topological polar surface area (TPSA) is 84.9 Å². The molecule has 0 saturated carbocycles. The van der Waals surface area contributed by atoms with E-state index in [-0.39, 0.29) is 23.7 Å². The third-order valence-corrected chi connectivity index (χ3v) is 9.06. The van der Waals surface area contributed by atoms with Gasteiger partial charge in [-0.05, 0) is 60.9 Å². The van der Waals surface area contributed by atoms with Gasteiger partial charge in [-0.25, -0.2) is 12.8 Å². The number of hydrogen-bond acceptors (Lipinski definition) is 6. The van der Waals surface area contributed by atoms with Crippen molar-refractivity contribution >= 4 is 29.4 Å². The normalized spacial score (nSPS) is 16.0. The van der Waals surface area contributed by atoms with Gasteiger partial charge in [-0.1, -0.05) is 54.6 Å². The number of benzene rings is 3. The van der Waals surface area contributed by atoms with E-state index in [1.165, 1.54) is 29.3 Å². The average molecular weight is 517 g/mol. The number of hydrazine groups is 1. The molecule has 1 aliphatic rings. The van der Waals surface area contributed by atoms with Crippen LogP contribution in [0.2, 0.25) is 0 Å². The fourth-order valence-electron chi connectivity index (χ4n) is 3.95. The summed E-state index contributed by atoms with van der Waals surface area (Å²) in [7, 11) is -8.17. The number of sulfonamides is 1. The molecule has 1 atom stereocenters. The maximum Gasteiger partial charge on any atom is 0.359 e. The van der Waals surface area contributed by atoms with E-state index in [2.05, 4.69) is 4.83 Å². The van der Waals surface area contributed by atoms with Crippen LogP contribution in [0.5, 0.6) is 0 Å². The molecule has 10 heteroatoms. The molecule has 1 unspecified atom stereocenters. The van der Waals surface area contributed by atoms with Crippen LogP contribution in [0, 0.1) is 5.82 Å². The van der Waals surface area contributed by atoms with Gasteiger partial charge in [-0.2, -0.15) is 0 Å². The van der Waals surface area contributed by atoms with Crippen molar-refractivity contribution in [1.82, 2.24) is 9.84 Å². The van der Waals surface area contributed by atoms with E-state index in [1.807, 2.05) is 6.07 Å². The Balaban J connectivity index is 1.97. The van der Waals surface area contributed by atoms with Crippen LogP contribution in [0.15, 0.2) is 83.8 Å². The quantitative estimate of drug-likeness (QED) is 0.362. The van der Waals surface area contributed by atoms with Crippen LogP contribution in [0.25, 0.3) is 11.8 Å². The van der Waals surface area contributed by atoms with Crippen molar-refractivity contribution < 1.29 is 26.4 Å². The lowest BCUT2D eigenvalue weighted by Gasteiger charge is -2.41. The summed E-state index contributed by atoms with van der Waals surface area (Å²) in [5.74, 6) is -1.84. The lowest BCUT2D eigenvalue weighted by atomic mass is 9.99. The number of hydrogen-bond donors (Lipinski definition) is 1. The molecule has 184 valence electrons. The monoisotopic (exact) mass is 516 g/mol. The summed E-state index contributed by atoms with van der Waals surface area (Å²) >= 11 is 0. The minimum Gasteiger partial charge on any atom is -0.307 e. The van der Waals surface area contributed by atoms with Crippen LogP contribution in [0.3, 0.4) is 0 Å². The van der Waals surface area contributed by atoms with E-state index in [0.29, 0.717) is 16.8 Å². The molecule has 3 aromatic rings. The molecular formula is C25H26FN2O5PS. The highest BCUT2D eigenvalue weighted by Gasteiger charge is 2.47. The van der Waals surface area contributed by atoms with Gasteiger partial charge in [0, 0.05) is 0 Å². The molecule has 7 nitrogen and oxygen atoms in total. The maximum atomic E-state index is 14.4. The molecule has 0 spiro atoms. The minimum atomic E-state index is -4.13. The van der Waals surface area contributed by atoms with Gasteiger partial charge in [0.25, 0.3) is 10.0 Å². The summed E-state index contributed by atoms with van der Waals surface area (Å²) in [6.07, 6.45) is 1.72. The van der Waals surface area contributed by atoms with Gasteiger partial charge in [-0.3, -0.25) is 9.57 Å². The van der Waals surface area contributed by atoms with E-state index in [9.17, 15) is 17.4 Å². The predicted octanol–water partition coefficient (Wildman–Crippen LogP) is 5.80. The molecule has 0 fully saturated rings. The molecule has 1 heterocycles. The molecule has 0 aromatic heterocycles. The Morgan fingerprint density at radius 1 is 0.943 bits per heavy atom. The first-order valence-corrected chi connectivity index (χ1v) is 14.2. The Hall–Kier alpha value is -2.81. The largest absolute Gasteiger partial charge is 0.359 e. The van der Waals surface area contributed by atoms with Gasteiger partial charge in [-0.15, -0.1) is 4.83 Å². The molecule has 35 heavy (non-hydrogen) atoms. The van der Waals surface area contributed by atoms with Crippen molar-refractivity contribution in [3.05, 3.63) is 101 Å². The molecule has 1 aliphatic heterocycles. The third kappa shape index (κ3) is 5.24. The summed E-state index contributed by atoms with van der Waals surface area (Å²) in [6, 6.07) is 20.9. The highest BCUT2D eigenvalue weighted by atomic mass is 32.2. The first-order valence-electron chi connectivity index (χ1n) is 11.1. The minimum absolute atomic E-state index is 0.0128. The maximum absolute atomic E-state index is 14.4. The van der Waals surface area contributed by atoms with Gasteiger partial charge in [0.1, 0.15) is 5.82 Å². The van der Waals surface area contributed by atoms with Crippen molar-refractivity contribution in [2.45, 2.75) is 24.5 Å². The number of nitrogens with zero attached hydrogens (tertiary/aromatic N) is 1. The molecule has 0 bridgehead atoms. The van der Waals surface area contributed by atoms with Gasteiger partial charge in [0.15, 0.2) is 5.78 Å². The van der Waals surface area contributed by atoms with Crippen molar-refractivity contribution in [2.24, 2.45) is 0 Å². The molecule has 0 aliphatic carbocycles. The molecule has 0 amide bonds. The van der Waals surface area contributed by atoms with Crippen molar-refractivity contribution in [3.63, 3.8) is 0 Å². The Kier molecular flexibility index (Phi) is 7.54. The fraction of sp³-hybridized carbons (Fsp3) is 0.200. The van der Waals surface area contributed by atoms with Crippen molar-refractivity contribution in [1.29, 1.82) is 0 Å². The summed E-state index contributed by atoms with van der Waals surface area (Å²) in [4.78, 5) is 2.59. The van der Waals surface area contributed by atoms with Crippen molar-refractivity contribution in [2.75, 3.05) is 13.2 Å². The van der Waals surface area contributed by atoms with Crippen LogP contribution in [0.1, 0.15) is 36.3 Å². The van der Waals surface area contributed by atoms with E-state index in [0.717, 1.165) is 0 Å². The second-order valence-electron chi connectivity index (χ2n) is 7.70. The van der Waals surface area contributed by atoms with Crippen LogP contribution in [0.4, 0.5) is 4.39 Å². The highest BCUT2D eigenvalue weighted by molar-refractivity contribution is 7.89. The number of fused-ring (bicyclic) bond motifs is 1. The van der Waals surface area contributed by atoms with E-state index in [1.54, 1.807) is 68.5 Å². The zero-order valence-corrected chi connectivity index (χ0v) is 21.0. The summed E-state index contributed by atoms with van der Waals surface area (Å²) in [5, 5.41) is 1.26. The van der Waals surface area contributed by atoms with Crippen LogP contribution >= 0.6 is 7.60 Å². The summed E-state index contributed by atoms with van der Waals surface area (Å²) in [5.41, 5.74) is 1.92. The van der Waals surface area contributed by atoms with Gasteiger partial charge < -0.3 is 9.05 Å². The SMILES string of the molecule is CCOP(=O)(OCC)C1c2cc(F)ccc2C=C(c2ccccc2)N1NS(=O)(=O)c1ccccc1. The Morgan fingerprint density at radius 3 is 2.14 bits per heavy atom. The lowest BCUT2D eigenvalue weighted by molar-refractivity contribution is 0.181. The Bertz CT molecular complexity index is 1360. The number of rotatable bonds is 9. The average Bonchev–Trinajstić information content (AvgIpc) is 2.84. The summed E-state index contributed by atoms with van der Waals surface area (Å²) < 4.78 is 66.7. The molecule has 1 N–H and O–H groups in total. The fourth-order valence-corrected chi connectivity index (χ4v) is 7.22. The first-order chi connectivity index (χ1) is 16.8. The highest BCUT2D eigenvalue weighted by Crippen LogP contribution is 2.65. The van der Waals surface area contributed by atoms with E-state index < -0.39 is 29.2 Å². The molecule has 3 aromatic carbocycles. The first kappa shape index (κ1) is 25.3. The zero-order chi connectivity index (χ0) is 25.1. The molecular weight excluding hydrogens is 490 g/mol. The van der Waals surface area contributed by atoms with Crippen LogP contribution in [-0.2, 0) is 23.6 Å². The predicted molar refractivity (Wildman–Crippen MR) is 133 cm³/mol. The number of nitrogens with one attached hydrogen (secondary N) is 1. The molecule has 0 radical (unpaired) electrons. The third-order valence-electron chi connectivity index (χ3n) is 5.38. The van der Waals surface area contributed by atoms with Gasteiger partial charge >= 0.3 is 7.60 Å². The standard InChI is InChI=1S/C25H26FN2O5PS/c1-3-32-34(29,33-4-2)25-23-18-21(26)16-15-20(23)17-24(19-11-7-5-8-12-19)28(25)27-35(30,31)22-13-9-6-10-14-22/h5-18,25,27H,3-4H2,1-2H3. The van der Waals surface area contributed by atoms with Gasteiger partial charge in [0.2, 0.25) is 0 Å². The Labute approximate surface area is 204 Å². The summed E-state index contributed by atoms with van der Waals surface area (Å²) in [6.45, 7) is 3.41. The van der Waals surface area contributed by atoms with Crippen LogP contribution in [-0.4, -0.2) is 26.6 Å². The smallest absolute Gasteiger partial charge is 0.307 e. The van der Waals surface area contributed by atoms with Crippen LogP contribution < -0.4 is 4.83 Å². The van der Waals surface area contributed by atoms with E-state index >= 15 is 0 Å². The second kappa shape index (κ2) is 10.4. The van der Waals surface area contributed by atoms with Gasteiger partial charge in [0.05, 0.1) is 23.8 Å². The van der Waals surface area contributed by atoms with Crippen molar-refractivity contribution in [3.8, 4) is 0 Å². The molecule has 4 rings (SSSR count). The number of halogens is 1. The Morgan fingerprint density at radius 2 is 1.54 bits per heavy atom. The second-order valence-corrected chi connectivity index (χ2v) is 11.4.